The third-order valence-corrected chi connectivity index (χ3v) is 4.02. The largest absolute Gasteiger partial charge is 0.488 e. The summed E-state index contributed by atoms with van der Waals surface area (Å²) in [7, 11) is 0. The number of hydrogen-bond acceptors (Lipinski definition) is 2. The average Bonchev–Trinajstić information content (AvgIpc) is 2.52. The van der Waals surface area contributed by atoms with Crippen molar-refractivity contribution in [3.8, 4) is 5.75 Å². The first-order valence-corrected chi connectivity index (χ1v) is 8.61. The summed E-state index contributed by atoms with van der Waals surface area (Å²) in [6.07, 6.45) is 0. The van der Waals surface area contributed by atoms with Crippen molar-refractivity contribution in [3.63, 3.8) is 0 Å². The molecule has 1 aromatic carbocycles. The predicted octanol–water partition coefficient (Wildman–Crippen LogP) is 6.03. The van der Waals surface area contributed by atoms with Crippen LogP contribution in [-0.2, 0) is 6.61 Å². The van der Waals surface area contributed by atoms with Gasteiger partial charge in [0.05, 0.1) is 5.69 Å². The van der Waals surface area contributed by atoms with E-state index in [1.807, 2.05) is 18.2 Å². The molecule has 0 aliphatic carbocycles. The second-order valence-electron chi connectivity index (χ2n) is 7.08. The van der Waals surface area contributed by atoms with Gasteiger partial charge in [-0.25, -0.2) is 0 Å². The fourth-order valence-electron chi connectivity index (χ4n) is 2.74. The Bertz CT molecular complexity index is 630. The standard InChI is InChI=1S/C21H29NO/c1-14(2)18-12-19(23-13-17-10-8-7-9-11-17)20(15(3)4)21(22-18)16(5)6/h7-12,14-16H,13H2,1-6H3. The molecule has 0 radical (unpaired) electrons. The van der Waals surface area contributed by atoms with Gasteiger partial charge >= 0.3 is 0 Å². The zero-order valence-electron chi connectivity index (χ0n) is 15.3. The lowest BCUT2D eigenvalue weighted by Gasteiger charge is -2.22. The van der Waals surface area contributed by atoms with E-state index in [-0.39, 0.29) is 0 Å². The minimum Gasteiger partial charge on any atom is -0.488 e. The summed E-state index contributed by atoms with van der Waals surface area (Å²) in [5, 5.41) is 0. The molecule has 2 nitrogen and oxygen atoms in total. The molecular weight excluding hydrogens is 282 g/mol. The van der Waals surface area contributed by atoms with E-state index < -0.39 is 0 Å². The lowest BCUT2D eigenvalue weighted by molar-refractivity contribution is 0.300. The maximum Gasteiger partial charge on any atom is 0.126 e. The summed E-state index contributed by atoms with van der Waals surface area (Å²) in [6.45, 7) is 13.8. The number of aromatic nitrogens is 1. The van der Waals surface area contributed by atoms with E-state index in [0.29, 0.717) is 24.4 Å². The molecule has 0 spiro atoms. The maximum atomic E-state index is 6.23. The molecule has 0 aliphatic rings. The van der Waals surface area contributed by atoms with Crippen molar-refractivity contribution in [2.75, 3.05) is 0 Å². The van der Waals surface area contributed by atoms with Gasteiger partial charge in [0.25, 0.3) is 0 Å². The van der Waals surface area contributed by atoms with Crippen molar-refractivity contribution in [1.29, 1.82) is 0 Å². The van der Waals surface area contributed by atoms with Crippen LogP contribution in [0.5, 0.6) is 5.75 Å². The highest BCUT2D eigenvalue weighted by Crippen LogP contribution is 2.35. The number of rotatable bonds is 6. The molecule has 2 heteroatoms. The molecule has 1 heterocycles. The lowest BCUT2D eigenvalue weighted by Crippen LogP contribution is -2.09. The second kappa shape index (κ2) is 7.63. The molecule has 2 rings (SSSR count). The first-order valence-electron chi connectivity index (χ1n) is 8.61. The number of hydrogen-bond donors (Lipinski definition) is 0. The van der Waals surface area contributed by atoms with Crippen molar-refractivity contribution in [3.05, 3.63) is 58.9 Å². The van der Waals surface area contributed by atoms with Crippen molar-refractivity contribution in [2.45, 2.75) is 65.9 Å². The van der Waals surface area contributed by atoms with Crippen molar-refractivity contribution < 1.29 is 4.74 Å². The topological polar surface area (TPSA) is 22.1 Å². The SMILES string of the molecule is CC(C)c1cc(OCc2ccccc2)c(C(C)C)c(C(C)C)n1. The van der Waals surface area contributed by atoms with Crippen molar-refractivity contribution in [2.24, 2.45) is 0 Å². The van der Waals surface area contributed by atoms with E-state index in [0.717, 1.165) is 11.4 Å². The number of ether oxygens (including phenoxy) is 1. The van der Waals surface area contributed by atoms with Gasteiger partial charge in [0.15, 0.2) is 0 Å². The van der Waals surface area contributed by atoms with Gasteiger partial charge in [-0.2, -0.15) is 0 Å². The Labute approximate surface area is 140 Å². The van der Waals surface area contributed by atoms with Gasteiger partial charge in [-0.3, -0.25) is 4.98 Å². The number of benzene rings is 1. The Balaban J connectivity index is 2.42. The Hall–Kier alpha value is -1.83. The molecule has 0 bridgehead atoms. The fraction of sp³-hybridized carbons (Fsp3) is 0.476. The second-order valence-corrected chi connectivity index (χ2v) is 7.08. The van der Waals surface area contributed by atoms with Crippen LogP contribution in [0, 0.1) is 0 Å². The number of pyridine rings is 1. The Morgan fingerprint density at radius 1 is 0.870 bits per heavy atom. The van der Waals surface area contributed by atoms with Crippen LogP contribution in [0.4, 0.5) is 0 Å². The normalized spacial score (nSPS) is 11.5. The van der Waals surface area contributed by atoms with Gasteiger partial charge in [-0.05, 0) is 23.3 Å². The van der Waals surface area contributed by atoms with Crippen LogP contribution in [0.15, 0.2) is 36.4 Å². The van der Waals surface area contributed by atoms with Crippen LogP contribution in [-0.4, -0.2) is 4.98 Å². The zero-order valence-corrected chi connectivity index (χ0v) is 15.3. The highest BCUT2D eigenvalue weighted by molar-refractivity contribution is 5.42. The maximum absolute atomic E-state index is 6.23. The van der Waals surface area contributed by atoms with Gasteiger partial charge in [-0.1, -0.05) is 71.9 Å². The third kappa shape index (κ3) is 4.34. The van der Waals surface area contributed by atoms with E-state index >= 15 is 0 Å². The summed E-state index contributed by atoms with van der Waals surface area (Å²) in [6, 6.07) is 12.5. The Morgan fingerprint density at radius 3 is 2.04 bits per heavy atom. The zero-order chi connectivity index (χ0) is 17.0. The van der Waals surface area contributed by atoms with E-state index in [4.69, 9.17) is 9.72 Å². The van der Waals surface area contributed by atoms with Gasteiger partial charge < -0.3 is 4.74 Å². The highest BCUT2D eigenvalue weighted by atomic mass is 16.5. The van der Waals surface area contributed by atoms with Crippen LogP contribution in [0.3, 0.4) is 0 Å². The molecule has 0 saturated heterocycles. The van der Waals surface area contributed by atoms with Gasteiger partial charge in [-0.15, -0.1) is 0 Å². The average molecular weight is 311 g/mol. The lowest BCUT2D eigenvalue weighted by atomic mass is 9.93. The van der Waals surface area contributed by atoms with E-state index in [1.165, 1.54) is 16.8 Å². The van der Waals surface area contributed by atoms with Gasteiger partial charge in [0, 0.05) is 17.3 Å². The van der Waals surface area contributed by atoms with Crippen molar-refractivity contribution in [1.82, 2.24) is 4.98 Å². The van der Waals surface area contributed by atoms with Crippen LogP contribution in [0.25, 0.3) is 0 Å². The molecule has 0 fully saturated rings. The first kappa shape index (κ1) is 17.5. The highest BCUT2D eigenvalue weighted by Gasteiger charge is 2.20. The monoisotopic (exact) mass is 311 g/mol. The van der Waals surface area contributed by atoms with Crippen LogP contribution in [0.2, 0.25) is 0 Å². The summed E-state index contributed by atoms with van der Waals surface area (Å²) in [4.78, 5) is 4.93. The van der Waals surface area contributed by atoms with Gasteiger partial charge in [0.1, 0.15) is 12.4 Å². The molecule has 2 aromatic rings. The molecule has 0 N–H and O–H groups in total. The van der Waals surface area contributed by atoms with Crippen LogP contribution >= 0.6 is 0 Å². The molecule has 0 atom stereocenters. The minimum absolute atomic E-state index is 0.394. The molecule has 0 amide bonds. The summed E-state index contributed by atoms with van der Waals surface area (Å²) < 4.78 is 6.23. The van der Waals surface area contributed by atoms with Crippen LogP contribution in [0.1, 0.15) is 81.8 Å². The molecule has 124 valence electrons. The molecule has 0 saturated carbocycles. The van der Waals surface area contributed by atoms with Crippen molar-refractivity contribution >= 4 is 0 Å². The summed E-state index contributed by atoms with van der Waals surface area (Å²) in [5.74, 6) is 2.18. The van der Waals surface area contributed by atoms with E-state index in [9.17, 15) is 0 Å². The van der Waals surface area contributed by atoms with Crippen LogP contribution < -0.4 is 4.74 Å². The molecule has 23 heavy (non-hydrogen) atoms. The summed E-state index contributed by atoms with van der Waals surface area (Å²) >= 11 is 0. The molecular formula is C21H29NO. The van der Waals surface area contributed by atoms with E-state index in [1.54, 1.807) is 0 Å². The Kier molecular flexibility index (Phi) is 5.81. The molecule has 0 aliphatic heterocycles. The third-order valence-electron chi connectivity index (χ3n) is 4.02. The van der Waals surface area contributed by atoms with Gasteiger partial charge in [0.2, 0.25) is 0 Å². The first-order chi connectivity index (χ1) is 10.9. The molecule has 1 aromatic heterocycles. The molecule has 0 unspecified atom stereocenters. The predicted molar refractivity (Wildman–Crippen MR) is 97.3 cm³/mol. The fourth-order valence-corrected chi connectivity index (χ4v) is 2.74. The quantitative estimate of drug-likeness (QED) is 0.649. The smallest absolute Gasteiger partial charge is 0.126 e. The van der Waals surface area contributed by atoms with E-state index in [2.05, 4.69) is 59.7 Å². The minimum atomic E-state index is 0.394. The summed E-state index contributed by atoms with van der Waals surface area (Å²) in [5.41, 5.74) is 4.73. The Morgan fingerprint density at radius 2 is 1.52 bits per heavy atom. The number of nitrogens with zero attached hydrogens (tertiary/aromatic N) is 1.